The van der Waals surface area contributed by atoms with Crippen molar-refractivity contribution < 1.29 is 9.53 Å². The van der Waals surface area contributed by atoms with Gasteiger partial charge in [0, 0.05) is 12.8 Å². The first-order valence-electron chi connectivity index (χ1n) is 5.80. The molecule has 2 heteroatoms. The molecule has 1 rings (SSSR count). The molecule has 0 spiro atoms. The second-order valence-corrected chi connectivity index (χ2v) is 4.92. The largest absolute Gasteiger partial charge is 0.465 e. The van der Waals surface area contributed by atoms with Crippen molar-refractivity contribution in [3.05, 3.63) is 11.6 Å². The van der Waals surface area contributed by atoms with E-state index in [0.29, 0.717) is 18.4 Å². The van der Waals surface area contributed by atoms with Gasteiger partial charge in [0.05, 0.1) is 6.61 Å². The van der Waals surface area contributed by atoms with Gasteiger partial charge in [-0.3, -0.25) is 4.79 Å². The van der Waals surface area contributed by atoms with Crippen LogP contribution in [0.1, 0.15) is 40.5 Å². The fourth-order valence-corrected chi connectivity index (χ4v) is 2.11. The molecule has 0 amide bonds. The maximum Gasteiger partial charge on any atom is 0.302 e. The van der Waals surface area contributed by atoms with Gasteiger partial charge < -0.3 is 4.74 Å². The number of rotatable bonds is 3. The smallest absolute Gasteiger partial charge is 0.302 e. The third-order valence-electron chi connectivity index (χ3n) is 3.40. The quantitative estimate of drug-likeness (QED) is 0.528. The highest BCUT2D eigenvalue weighted by Gasteiger charge is 2.24. The van der Waals surface area contributed by atoms with Crippen molar-refractivity contribution >= 4 is 5.97 Å². The SMILES string of the molecule is CC(=O)OCC1CC(C(C)C)CC=C1C. The van der Waals surface area contributed by atoms with Gasteiger partial charge >= 0.3 is 5.97 Å². The lowest BCUT2D eigenvalue weighted by Crippen LogP contribution is -2.23. The third kappa shape index (κ3) is 3.69. The molecule has 0 aromatic carbocycles. The van der Waals surface area contributed by atoms with Crippen molar-refractivity contribution in [1.29, 1.82) is 0 Å². The van der Waals surface area contributed by atoms with Crippen molar-refractivity contribution in [3.8, 4) is 0 Å². The number of ether oxygens (including phenoxy) is 1. The van der Waals surface area contributed by atoms with Gasteiger partial charge in [-0.2, -0.15) is 0 Å². The Hall–Kier alpha value is -0.790. The lowest BCUT2D eigenvalue weighted by Gasteiger charge is -2.30. The molecule has 0 bridgehead atoms. The van der Waals surface area contributed by atoms with Crippen molar-refractivity contribution in [2.24, 2.45) is 17.8 Å². The molecular weight excluding hydrogens is 188 g/mol. The van der Waals surface area contributed by atoms with Gasteiger partial charge in [0.2, 0.25) is 0 Å². The Labute approximate surface area is 92.7 Å². The molecule has 0 saturated carbocycles. The van der Waals surface area contributed by atoms with Crippen molar-refractivity contribution in [2.75, 3.05) is 6.61 Å². The summed E-state index contributed by atoms with van der Waals surface area (Å²) in [5, 5.41) is 0. The number of hydrogen-bond donors (Lipinski definition) is 0. The minimum atomic E-state index is -0.172. The number of hydrogen-bond acceptors (Lipinski definition) is 2. The summed E-state index contributed by atoms with van der Waals surface area (Å²) in [6, 6.07) is 0. The molecule has 0 aromatic heterocycles. The molecule has 0 radical (unpaired) electrons. The van der Waals surface area contributed by atoms with Crippen LogP contribution in [0.25, 0.3) is 0 Å². The summed E-state index contributed by atoms with van der Waals surface area (Å²) in [5.41, 5.74) is 1.38. The van der Waals surface area contributed by atoms with Crippen LogP contribution in [0.15, 0.2) is 11.6 Å². The minimum absolute atomic E-state index is 0.172. The molecule has 0 heterocycles. The van der Waals surface area contributed by atoms with E-state index in [1.165, 1.54) is 18.9 Å². The van der Waals surface area contributed by atoms with Crippen LogP contribution in [0.4, 0.5) is 0 Å². The van der Waals surface area contributed by atoms with E-state index in [4.69, 9.17) is 4.74 Å². The summed E-state index contributed by atoms with van der Waals surface area (Å²) < 4.78 is 5.10. The van der Waals surface area contributed by atoms with E-state index in [-0.39, 0.29) is 5.97 Å². The summed E-state index contributed by atoms with van der Waals surface area (Å²) >= 11 is 0. The van der Waals surface area contributed by atoms with E-state index < -0.39 is 0 Å². The van der Waals surface area contributed by atoms with Gasteiger partial charge in [0.1, 0.15) is 0 Å². The Morgan fingerprint density at radius 1 is 1.60 bits per heavy atom. The predicted molar refractivity (Wildman–Crippen MR) is 61.4 cm³/mol. The van der Waals surface area contributed by atoms with Gasteiger partial charge in [0.15, 0.2) is 0 Å². The maximum absolute atomic E-state index is 10.8. The van der Waals surface area contributed by atoms with Crippen LogP contribution in [-0.2, 0) is 9.53 Å². The van der Waals surface area contributed by atoms with E-state index in [1.54, 1.807) is 0 Å². The Bertz CT molecular complexity index is 253. The molecule has 0 fully saturated rings. The summed E-state index contributed by atoms with van der Waals surface area (Å²) in [6.45, 7) is 8.71. The molecule has 86 valence electrons. The number of allylic oxidation sites excluding steroid dienone is 1. The van der Waals surface area contributed by atoms with Crippen LogP contribution in [0.5, 0.6) is 0 Å². The van der Waals surface area contributed by atoms with Crippen LogP contribution in [0, 0.1) is 17.8 Å². The lowest BCUT2D eigenvalue weighted by atomic mass is 9.77. The zero-order valence-electron chi connectivity index (χ0n) is 10.2. The fourth-order valence-electron chi connectivity index (χ4n) is 2.11. The normalized spacial score (nSPS) is 26.3. The van der Waals surface area contributed by atoms with Gasteiger partial charge in [-0.25, -0.2) is 0 Å². The highest BCUT2D eigenvalue weighted by Crippen LogP contribution is 2.33. The van der Waals surface area contributed by atoms with Crippen LogP contribution in [0.3, 0.4) is 0 Å². The highest BCUT2D eigenvalue weighted by molar-refractivity contribution is 5.65. The van der Waals surface area contributed by atoms with Crippen molar-refractivity contribution in [2.45, 2.75) is 40.5 Å². The first-order chi connectivity index (χ1) is 7.00. The van der Waals surface area contributed by atoms with Crippen LogP contribution >= 0.6 is 0 Å². The van der Waals surface area contributed by atoms with Crippen LogP contribution in [0.2, 0.25) is 0 Å². The van der Waals surface area contributed by atoms with E-state index in [0.717, 1.165) is 12.3 Å². The Morgan fingerprint density at radius 2 is 2.27 bits per heavy atom. The predicted octanol–water partition coefficient (Wildman–Crippen LogP) is 3.18. The van der Waals surface area contributed by atoms with Gasteiger partial charge in [-0.05, 0) is 31.6 Å². The second-order valence-electron chi connectivity index (χ2n) is 4.92. The molecular formula is C13H22O2. The Balaban J connectivity index is 2.52. The maximum atomic E-state index is 10.8. The van der Waals surface area contributed by atoms with Crippen molar-refractivity contribution in [3.63, 3.8) is 0 Å². The summed E-state index contributed by atoms with van der Waals surface area (Å²) in [7, 11) is 0. The molecule has 1 aliphatic carbocycles. The Morgan fingerprint density at radius 3 is 2.80 bits per heavy atom. The first-order valence-corrected chi connectivity index (χ1v) is 5.80. The molecule has 2 atom stereocenters. The van der Waals surface area contributed by atoms with Crippen LogP contribution in [-0.4, -0.2) is 12.6 Å². The highest BCUT2D eigenvalue weighted by atomic mass is 16.5. The fraction of sp³-hybridized carbons (Fsp3) is 0.769. The zero-order chi connectivity index (χ0) is 11.4. The van der Waals surface area contributed by atoms with E-state index in [9.17, 15) is 4.79 Å². The second kappa shape index (κ2) is 5.34. The first kappa shape index (κ1) is 12.3. The number of carbonyl (C=O) groups excluding carboxylic acids is 1. The van der Waals surface area contributed by atoms with Crippen LogP contribution < -0.4 is 0 Å². The molecule has 0 N–H and O–H groups in total. The third-order valence-corrected chi connectivity index (χ3v) is 3.40. The van der Waals surface area contributed by atoms with E-state index >= 15 is 0 Å². The zero-order valence-corrected chi connectivity index (χ0v) is 10.2. The lowest BCUT2D eigenvalue weighted by molar-refractivity contribution is -0.142. The molecule has 1 aliphatic rings. The standard InChI is InChI=1S/C13H22O2/c1-9(2)12-6-5-10(3)13(7-12)8-15-11(4)14/h5,9,12-13H,6-8H2,1-4H3. The van der Waals surface area contributed by atoms with E-state index in [2.05, 4.69) is 26.8 Å². The molecule has 0 aromatic rings. The molecule has 0 saturated heterocycles. The molecule has 15 heavy (non-hydrogen) atoms. The minimum Gasteiger partial charge on any atom is -0.465 e. The molecule has 2 unspecified atom stereocenters. The molecule has 2 nitrogen and oxygen atoms in total. The number of esters is 1. The Kier molecular flexibility index (Phi) is 4.37. The summed E-state index contributed by atoms with van der Waals surface area (Å²) in [6.07, 6.45) is 4.65. The average Bonchev–Trinajstić information content (AvgIpc) is 2.16. The van der Waals surface area contributed by atoms with Gasteiger partial charge in [-0.15, -0.1) is 0 Å². The average molecular weight is 210 g/mol. The summed E-state index contributed by atoms with van der Waals surface area (Å²) in [4.78, 5) is 10.8. The monoisotopic (exact) mass is 210 g/mol. The molecule has 0 aliphatic heterocycles. The van der Waals surface area contributed by atoms with E-state index in [1.807, 2.05) is 0 Å². The summed E-state index contributed by atoms with van der Waals surface area (Å²) in [5.74, 6) is 1.73. The van der Waals surface area contributed by atoms with Gasteiger partial charge in [0.25, 0.3) is 0 Å². The van der Waals surface area contributed by atoms with Crippen molar-refractivity contribution in [1.82, 2.24) is 0 Å². The number of carbonyl (C=O) groups is 1. The topological polar surface area (TPSA) is 26.3 Å². The van der Waals surface area contributed by atoms with Gasteiger partial charge in [-0.1, -0.05) is 25.5 Å².